The van der Waals surface area contributed by atoms with Crippen molar-refractivity contribution in [3.63, 3.8) is 0 Å². The summed E-state index contributed by atoms with van der Waals surface area (Å²) in [5, 5.41) is 8.84. The van der Waals surface area contributed by atoms with E-state index in [-0.39, 0.29) is 18.0 Å². The van der Waals surface area contributed by atoms with Gasteiger partial charge in [-0.3, -0.25) is 14.5 Å². The van der Waals surface area contributed by atoms with Crippen LogP contribution in [0, 0.1) is 0 Å². The lowest BCUT2D eigenvalue weighted by molar-refractivity contribution is 0.0288. The van der Waals surface area contributed by atoms with Crippen LogP contribution in [0.1, 0.15) is 49.2 Å². The van der Waals surface area contributed by atoms with Crippen molar-refractivity contribution in [1.82, 2.24) is 25.0 Å². The summed E-state index contributed by atoms with van der Waals surface area (Å²) >= 11 is 0. The van der Waals surface area contributed by atoms with E-state index in [9.17, 15) is 9.59 Å². The Morgan fingerprint density at radius 1 is 1.10 bits per heavy atom. The predicted octanol–water partition coefficient (Wildman–Crippen LogP) is 5.22. The predicted molar refractivity (Wildman–Crippen MR) is 149 cm³/mol. The number of benzene rings is 2. The quantitative estimate of drug-likeness (QED) is 0.369. The second-order valence-corrected chi connectivity index (χ2v) is 10.7. The number of ether oxygens (including phenoxy) is 2. The van der Waals surface area contributed by atoms with Crippen LogP contribution < -0.4 is 10.1 Å². The van der Waals surface area contributed by atoms with E-state index in [0.717, 1.165) is 39.9 Å². The first-order valence-corrected chi connectivity index (χ1v) is 13.0. The monoisotopic (exact) mass is 527 g/mol. The molecule has 1 N–H and O–H groups in total. The van der Waals surface area contributed by atoms with Gasteiger partial charge >= 0.3 is 6.09 Å². The number of carbonyl (C=O) groups excluding carboxylic acids is 2. The molecule has 202 valence electrons. The van der Waals surface area contributed by atoms with Gasteiger partial charge in [-0.05, 0) is 63.1 Å². The Morgan fingerprint density at radius 2 is 1.90 bits per heavy atom. The fraction of sp³-hybridized carbons (Fsp3) is 0.333. The van der Waals surface area contributed by atoms with Crippen molar-refractivity contribution >= 4 is 22.9 Å². The van der Waals surface area contributed by atoms with Crippen LogP contribution in [0.5, 0.6) is 5.75 Å². The zero-order chi connectivity index (χ0) is 27.6. The summed E-state index contributed by atoms with van der Waals surface area (Å²) in [4.78, 5) is 31.4. The molecule has 2 aromatic carbocycles. The van der Waals surface area contributed by atoms with Crippen LogP contribution in [0.2, 0.25) is 0 Å². The summed E-state index contributed by atoms with van der Waals surface area (Å²) in [5.41, 5.74) is 3.62. The van der Waals surface area contributed by atoms with Crippen LogP contribution in [0.3, 0.4) is 0 Å². The van der Waals surface area contributed by atoms with E-state index >= 15 is 0 Å². The lowest BCUT2D eigenvalue weighted by Gasteiger charge is -2.24. The first-order valence-electron chi connectivity index (χ1n) is 13.0. The minimum absolute atomic E-state index is 0.0258. The van der Waals surface area contributed by atoms with Crippen molar-refractivity contribution in [2.24, 2.45) is 0 Å². The van der Waals surface area contributed by atoms with Gasteiger partial charge in [0, 0.05) is 48.5 Å². The summed E-state index contributed by atoms with van der Waals surface area (Å²) in [6, 6.07) is 17.0. The van der Waals surface area contributed by atoms with Crippen LogP contribution >= 0.6 is 0 Å². The molecule has 0 bridgehead atoms. The van der Waals surface area contributed by atoms with E-state index < -0.39 is 5.60 Å². The molecule has 2 aromatic heterocycles. The fourth-order valence-corrected chi connectivity index (χ4v) is 4.76. The summed E-state index contributed by atoms with van der Waals surface area (Å²) in [6.45, 7) is 7.15. The molecule has 0 aliphatic carbocycles. The molecule has 1 fully saturated rings. The van der Waals surface area contributed by atoms with Crippen molar-refractivity contribution in [2.45, 2.75) is 45.4 Å². The van der Waals surface area contributed by atoms with Gasteiger partial charge in [-0.1, -0.05) is 24.3 Å². The number of hydrogen-bond donors (Lipinski definition) is 1. The number of aromatic nitrogens is 3. The molecule has 3 heterocycles. The summed E-state index contributed by atoms with van der Waals surface area (Å²) in [5.74, 6) is 0.594. The number of fused-ring (bicyclic) bond motifs is 1. The van der Waals surface area contributed by atoms with Gasteiger partial charge in [0.15, 0.2) is 0 Å². The molecular weight excluding hydrogens is 494 g/mol. The third-order valence-corrected chi connectivity index (χ3v) is 6.68. The molecule has 39 heavy (non-hydrogen) atoms. The minimum Gasteiger partial charge on any atom is -0.497 e. The number of nitrogens with one attached hydrogen (secondary N) is 1. The number of hydrogen-bond acceptors (Lipinski definition) is 6. The second-order valence-electron chi connectivity index (χ2n) is 10.7. The Balaban J connectivity index is 1.32. The molecule has 1 aliphatic heterocycles. The molecule has 0 unspecified atom stereocenters. The molecule has 9 heteroatoms. The van der Waals surface area contributed by atoms with Gasteiger partial charge < -0.3 is 19.7 Å². The number of likely N-dealkylation sites (tertiary alicyclic amines) is 1. The molecule has 0 spiro atoms. The van der Waals surface area contributed by atoms with E-state index in [4.69, 9.17) is 14.6 Å². The van der Waals surface area contributed by atoms with Crippen LogP contribution in [0.4, 0.5) is 4.79 Å². The van der Waals surface area contributed by atoms with E-state index in [0.29, 0.717) is 25.2 Å². The van der Waals surface area contributed by atoms with Crippen molar-refractivity contribution in [3.8, 4) is 17.0 Å². The van der Waals surface area contributed by atoms with E-state index in [1.54, 1.807) is 30.3 Å². The zero-order valence-electron chi connectivity index (χ0n) is 22.7. The standard InChI is InChI=1S/C30H33N5O4/c1-30(2,3)39-29(37)34-15-13-23(19-34)35-26-12-14-31-18-25(26)27(33-35)21-8-10-22(11-9-21)28(36)32-17-20-6-5-7-24(16-20)38-4/h5-12,14,16,18,23H,13,15,17,19H2,1-4H3,(H,32,36)/t23-/m1/s1. The Kier molecular flexibility index (Phi) is 7.24. The van der Waals surface area contributed by atoms with Crippen LogP contribution in [0.15, 0.2) is 67.0 Å². The van der Waals surface area contributed by atoms with E-state index in [1.807, 2.05) is 74.1 Å². The fourth-order valence-electron chi connectivity index (χ4n) is 4.76. The largest absolute Gasteiger partial charge is 0.497 e. The normalized spacial score (nSPS) is 15.4. The Labute approximate surface area is 227 Å². The van der Waals surface area contributed by atoms with Gasteiger partial charge in [-0.25, -0.2) is 4.79 Å². The lowest BCUT2D eigenvalue weighted by atomic mass is 10.1. The van der Waals surface area contributed by atoms with E-state index in [1.165, 1.54) is 0 Å². The molecule has 0 saturated carbocycles. The van der Waals surface area contributed by atoms with Gasteiger partial charge in [0.25, 0.3) is 5.91 Å². The number of methoxy groups -OCH3 is 1. The van der Waals surface area contributed by atoms with Crippen molar-refractivity contribution in [3.05, 3.63) is 78.1 Å². The van der Waals surface area contributed by atoms with Crippen LogP contribution in [-0.4, -0.2) is 57.5 Å². The first-order chi connectivity index (χ1) is 18.7. The van der Waals surface area contributed by atoms with Crippen molar-refractivity contribution in [1.29, 1.82) is 0 Å². The highest BCUT2D eigenvalue weighted by atomic mass is 16.6. The molecule has 2 amide bonds. The van der Waals surface area contributed by atoms with Crippen molar-refractivity contribution < 1.29 is 19.1 Å². The van der Waals surface area contributed by atoms with E-state index in [2.05, 4.69) is 10.3 Å². The Morgan fingerprint density at radius 3 is 2.64 bits per heavy atom. The molecule has 1 atom stereocenters. The minimum atomic E-state index is -0.537. The lowest BCUT2D eigenvalue weighted by Crippen LogP contribution is -2.35. The maximum atomic E-state index is 12.8. The first kappa shape index (κ1) is 26.2. The number of amides is 2. The molecule has 4 aromatic rings. The zero-order valence-corrected chi connectivity index (χ0v) is 22.7. The Hall–Kier alpha value is -4.40. The topological polar surface area (TPSA) is 98.6 Å². The average molecular weight is 528 g/mol. The SMILES string of the molecule is COc1cccc(CNC(=O)c2ccc(-c3nn([C@@H]4CCN(C(=O)OC(C)(C)C)C4)c4ccncc34)cc2)c1. The second kappa shape index (κ2) is 10.8. The smallest absolute Gasteiger partial charge is 0.410 e. The van der Waals surface area contributed by atoms with Crippen LogP contribution in [-0.2, 0) is 11.3 Å². The summed E-state index contributed by atoms with van der Waals surface area (Å²) < 4.78 is 12.8. The maximum Gasteiger partial charge on any atom is 0.410 e. The maximum absolute atomic E-state index is 12.8. The number of pyridine rings is 1. The Bertz CT molecular complexity index is 1490. The van der Waals surface area contributed by atoms with Gasteiger partial charge in [-0.15, -0.1) is 0 Å². The highest BCUT2D eigenvalue weighted by molar-refractivity contribution is 5.96. The van der Waals surface area contributed by atoms with Gasteiger partial charge in [0.2, 0.25) is 0 Å². The molecule has 5 rings (SSSR count). The summed E-state index contributed by atoms with van der Waals surface area (Å²) in [7, 11) is 1.62. The third-order valence-electron chi connectivity index (χ3n) is 6.68. The number of rotatable bonds is 6. The highest BCUT2D eigenvalue weighted by Gasteiger charge is 2.32. The summed E-state index contributed by atoms with van der Waals surface area (Å²) in [6.07, 6.45) is 4.04. The average Bonchev–Trinajstić information content (AvgIpc) is 3.57. The van der Waals surface area contributed by atoms with Gasteiger partial charge in [-0.2, -0.15) is 5.10 Å². The van der Waals surface area contributed by atoms with Gasteiger partial charge in [0.05, 0.1) is 18.7 Å². The van der Waals surface area contributed by atoms with Crippen LogP contribution in [0.25, 0.3) is 22.2 Å². The molecule has 9 nitrogen and oxygen atoms in total. The highest BCUT2D eigenvalue weighted by Crippen LogP contribution is 2.32. The third kappa shape index (κ3) is 5.87. The molecule has 1 aliphatic rings. The van der Waals surface area contributed by atoms with Crippen molar-refractivity contribution in [2.75, 3.05) is 20.2 Å². The molecule has 1 saturated heterocycles. The molecular formula is C30H33N5O4. The van der Waals surface area contributed by atoms with Gasteiger partial charge in [0.1, 0.15) is 17.0 Å². The number of carbonyl (C=O) groups is 2. The number of nitrogens with zero attached hydrogens (tertiary/aromatic N) is 4. The molecule has 0 radical (unpaired) electrons.